The van der Waals surface area contributed by atoms with Gasteiger partial charge in [0.15, 0.2) is 0 Å². The van der Waals surface area contributed by atoms with Crippen molar-refractivity contribution in [3.05, 3.63) is 12.2 Å². The molecule has 5 heteroatoms. The van der Waals surface area contributed by atoms with Crippen molar-refractivity contribution >= 4 is 5.91 Å². The Kier molecular flexibility index (Phi) is 4.03. The largest absolute Gasteiger partial charge is 0.342 e. The molecule has 0 bridgehead atoms. The van der Waals surface area contributed by atoms with Crippen LogP contribution in [0, 0.1) is 11.8 Å². The van der Waals surface area contributed by atoms with Crippen molar-refractivity contribution in [3.8, 4) is 0 Å². The van der Waals surface area contributed by atoms with Gasteiger partial charge in [0.05, 0.1) is 0 Å². The number of nitrogens with zero attached hydrogens (tertiary/aromatic N) is 4. The lowest BCUT2D eigenvalue weighted by molar-refractivity contribution is -0.139. The smallest absolute Gasteiger partial charge is 0.225 e. The molecule has 1 saturated heterocycles. The van der Waals surface area contributed by atoms with Gasteiger partial charge < -0.3 is 9.47 Å². The zero-order valence-corrected chi connectivity index (χ0v) is 12.3. The first-order valence-corrected chi connectivity index (χ1v) is 7.93. The predicted octanol–water partition coefficient (Wildman–Crippen LogP) is 1.88. The number of carbonyl (C=O) groups excluding carboxylic acids is 1. The Morgan fingerprint density at radius 2 is 2.05 bits per heavy atom. The summed E-state index contributed by atoms with van der Waals surface area (Å²) in [4.78, 5) is 14.3. The molecule has 1 aromatic heterocycles. The van der Waals surface area contributed by atoms with E-state index >= 15 is 0 Å². The maximum atomic E-state index is 12.2. The molecule has 0 spiro atoms. The summed E-state index contributed by atoms with van der Waals surface area (Å²) in [7, 11) is 0. The Hall–Kier alpha value is -1.39. The summed E-state index contributed by atoms with van der Waals surface area (Å²) in [6.07, 6.45) is 8.48. The van der Waals surface area contributed by atoms with Crippen LogP contribution in [-0.2, 0) is 17.8 Å². The van der Waals surface area contributed by atoms with Crippen LogP contribution in [0.5, 0.6) is 0 Å². The van der Waals surface area contributed by atoms with Crippen LogP contribution in [0.15, 0.2) is 6.33 Å². The molecule has 0 atom stereocenters. The quantitative estimate of drug-likeness (QED) is 0.843. The van der Waals surface area contributed by atoms with Gasteiger partial charge in [0.1, 0.15) is 12.2 Å². The van der Waals surface area contributed by atoms with Gasteiger partial charge >= 0.3 is 0 Å². The molecule has 1 aliphatic heterocycles. The molecule has 1 amide bonds. The highest BCUT2D eigenvalue weighted by atomic mass is 16.2. The fourth-order valence-corrected chi connectivity index (χ4v) is 3.23. The second-order valence-electron chi connectivity index (χ2n) is 6.13. The molecule has 0 radical (unpaired) electrons. The van der Waals surface area contributed by atoms with Crippen LogP contribution in [0.2, 0.25) is 0 Å². The van der Waals surface area contributed by atoms with E-state index in [9.17, 15) is 4.79 Å². The van der Waals surface area contributed by atoms with Crippen LogP contribution in [0.4, 0.5) is 0 Å². The van der Waals surface area contributed by atoms with Gasteiger partial charge in [-0.25, -0.2) is 0 Å². The normalized spacial score (nSPS) is 20.9. The summed E-state index contributed by atoms with van der Waals surface area (Å²) in [5, 5.41) is 8.21. The SMILES string of the molecule is CCn1cnnc1CC1CCN(C(=O)C2CCC2)CC1. The molecule has 2 aliphatic rings. The summed E-state index contributed by atoms with van der Waals surface area (Å²) in [6, 6.07) is 0. The van der Waals surface area contributed by atoms with E-state index in [2.05, 4.69) is 26.6 Å². The first-order chi connectivity index (χ1) is 9.78. The van der Waals surface area contributed by atoms with Gasteiger partial charge in [-0.05, 0) is 38.5 Å². The monoisotopic (exact) mass is 276 g/mol. The minimum absolute atomic E-state index is 0.342. The minimum atomic E-state index is 0.342. The summed E-state index contributed by atoms with van der Waals surface area (Å²) in [6.45, 7) is 4.91. The topological polar surface area (TPSA) is 51.0 Å². The third-order valence-electron chi connectivity index (χ3n) is 4.89. The highest BCUT2D eigenvalue weighted by Gasteiger charge is 2.31. The molecule has 0 unspecified atom stereocenters. The highest BCUT2D eigenvalue weighted by Crippen LogP contribution is 2.30. The molecule has 2 fully saturated rings. The zero-order valence-electron chi connectivity index (χ0n) is 12.3. The van der Waals surface area contributed by atoms with E-state index in [1.165, 1.54) is 6.42 Å². The summed E-state index contributed by atoms with van der Waals surface area (Å²) >= 11 is 0. The average Bonchev–Trinajstić information content (AvgIpc) is 2.85. The van der Waals surface area contributed by atoms with Crippen molar-refractivity contribution < 1.29 is 4.79 Å². The first-order valence-electron chi connectivity index (χ1n) is 7.93. The minimum Gasteiger partial charge on any atom is -0.342 e. The predicted molar refractivity (Wildman–Crippen MR) is 76.0 cm³/mol. The van der Waals surface area contributed by atoms with Gasteiger partial charge in [0.2, 0.25) is 5.91 Å². The number of rotatable bonds is 4. The van der Waals surface area contributed by atoms with Crippen molar-refractivity contribution in [3.63, 3.8) is 0 Å². The molecule has 0 N–H and O–H groups in total. The molecule has 110 valence electrons. The van der Waals surface area contributed by atoms with Gasteiger partial charge in [-0.15, -0.1) is 10.2 Å². The number of carbonyl (C=O) groups is 1. The Balaban J connectivity index is 1.49. The number of hydrogen-bond donors (Lipinski definition) is 0. The Morgan fingerprint density at radius 1 is 1.30 bits per heavy atom. The van der Waals surface area contributed by atoms with Crippen molar-refractivity contribution in [2.45, 2.75) is 52.0 Å². The summed E-state index contributed by atoms with van der Waals surface area (Å²) in [5.41, 5.74) is 0. The Bertz CT molecular complexity index is 458. The van der Waals surface area contributed by atoms with E-state index in [0.717, 1.165) is 57.6 Å². The number of hydrogen-bond acceptors (Lipinski definition) is 3. The van der Waals surface area contributed by atoms with E-state index in [1.807, 2.05) is 6.33 Å². The summed E-state index contributed by atoms with van der Waals surface area (Å²) in [5.74, 6) is 2.49. The van der Waals surface area contributed by atoms with Crippen LogP contribution >= 0.6 is 0 Å². The van der Waals surface area contributed by atoms with E-state index < -0.39 is 0 Å². The first kappa shape index (κ1) is 13.6. The molecular weight excluding hydrogens is 252 g/mol. The lowest BCUT2D eigenvalue weighted by Gasteiger charge is -2.36. The molecule has 1 aliphatic carbocycles. The van der Waals surface area contributed by atoms with Crippen molar-refractivity contribution in [2.75, 3.05) is 13.1 Å². The number of piperidine rings is 1. The fourth-order valence-electron chi connectivity index (χ4n) is 3.23. The molecular formula is C15H24N4O. The van der Waals surface area contributed by atoms with E-state index in [-0.39, 0.29) is 0 Å². The molecule has 2 heterocycles. The molecule has 20 heavy (non-hydrogen) atoms. The zero-order chi connectivity index (χ0) is 13.9. The second-order valence-corrected chi connectivity index (χ2v) is 6.13. The third kappa shape index (κ3) is 2.72. The molecule has 5 nitrogen and oxygen atoms in total. The van der Waals surface area contributed by atoms with Crippen LogP contribution in [0.25, 0.3) is 0 Å². The molecule has 0 aromatic carbocycles. The molecule has 1 saturated carbocycles. The Morgan fingerprint density at radius 3 is 2.65 bits per heavy atom. The standard InChI is InChI=1S/C15H24N4O/c1-2-18-11-16-17-14(18)10-12-6-8-19(9-7-12)15(20)13-4-3-5-13/h11-13H,2-10H2,1H3. The van der Waals surface area contributed by atoms with Crippen molar-refractivity contribution in [1.29, 1.82) is 0 Å². The Labute approximate surface area is 120 Å². The van der Waals surface area contributed by atoms with Crippen LogP contribution in [0.3, 0.4) is 0 Å². The second kappa shape index (κ2) is 5.94. The number of aromatic nitrogens is 3. The summed E-state index contributed by atoms with van der Waals surface area (Å²) < 4.78 is 2.12. The lowest BCUT2D eigenvalue weighted by Crippen LogP contribution is -2.43. The van der Waals surface area contributed by atoms with Crippen LogP contribution < -0.4 is 0 Å². The fraction of sp³-hybridized carbons (Fsp3) is 0.800. The van der Waals surface area contributed by atoms with Gasteiger partial charge in [-0.2, -0.15) is 0 Å². The van der Waals surface area contributed by atoms with E-state index in [1.54, 1.807) is 0 Å². The van der Waals surface area contributed by atoms with Crippen molar-refractivity contribution in [1.82, 2.24) is 19.7 Å². The van der Waals surface area contributed by atoms with Crippen LogP contribution in [-0.4, -0.2) is 38.7 Å². The van der Waals surface area contributed by atoms with Gasteiger partial charge in [-0.3, -0.25) is 4.79 Å². The van der Waals surface area contributed by atoms with Crippen molar-refractivity contribution in [2.24, 2.45) is 11.8 Å². The number of likely N-dealkylation sites (tertiary alicyclic amines) is 1. The average molecular weight is 276 g/mol. The van der Waals surface area contributed by atoms with Gasteiger partial charge in [0, 0.05) is 32.0 Å². The maximum absolute atomic E-state index is 12.2. The van der Waals surface area contributed by atoms with E-state index in [0.29, 0.717) is 17.7 Å². The maximum Gasteiger partial charge on any atom is 0.225 e. The van der Waals surface area contributed by atoms with Crippen LogP contribution in [0.1, 0.15) is 44.9 Å². The number of aryl methyl sites for hydroxylation is 1. The van der Waals surface area contributed by atoms with Gasteiger partial charge in [-0.1, -0.05) is 6.42 Å². The van der Waals surface area contributed by atoms with E-state index in [4.69, 9.17) is 0 Å². The lowest BCUT2D eigenvalue weighted by atomic mass is 9.83. The van der Waals surface area contributed by atoms with Gasteiger partial charge in [0.25, 0.3) is 0 Å². The number of amides is 1. The third-order valence-corrected chi connectivity index (χ3v) is 4.89. The highest BCUT2D eigenvalue weighted by molar-refractivity contribution is 5.79. The molecule has 1 aromatic rings. The molecule has 3 rings (SSSR count).